The Balaban J connectivity index is 0.00000220. The van der Waals surface area contributed by atoms with Crippen LogP contribution in [0.4, 0.5) is 5.69 Å². The smallest absolute Gasteiger partial charge is 0.238 e. The highest BCUT2D eigenvalue weighted by molar-refractivity contribution is 6.30. The molecule has 6 heteroatoms. The quantitative estimate of drug-likeness (QED) is 0.872. The third kappa shape index (κ3) is 5.83. The molecule has 0 aliphatic carbocycles. The van der Waals surface area contributed by atoms with Gasteiger partial charge in [0.1, 0.15) is 0 Å². The molecule has 0 saturated carbocycles. The van der Waals surface area contributed by atoms with Gasteiger partial charge in [-0.2, -0.15) is 0 Å². The molecule has 1 atom stereocenters. The number of rotatable bonds is 5. The molecule has 1 aliphatic heterocycles. The van der Waals surface area contributed by atoms with Gasteiger partial charge < -0.3 is 11.1 Å². The summed E-state index contributed by atoms with van der Waals surface area (Å²) in [5.74, 6) is 0.0243. The molecule has 1 heterocycles. The fraction of sp³-hybridized carbons (Fsp3) is 0.533. The first kappa shape index (κ1) is 18.2. The topological polar surface area (TPSA) is 58.4 Å². The van der Waals surface area contributed by atoms with E-state index in [2.05, 4.69) is 10.2 Å². The van der Waals surface area contributed by atoms with Gasteiger partial charge in [0.05, 0.1) is 6.54 Å². The normalized spacial score (nSPS) is 18.9. The molecule has 0 bridgehead atoms. The molecule has 0 aromatic heterocycles. The van der Waals surface area contributed by atoms with Gasteiger partial charge in [-0.05, 0) is 56.6 Å². The Morgan fingerprint density at radius 3 is 2.71 bits per heavy atom. The second kappa shape index (κ2) is 9.26. The van der Waals surface area contributed by atoms with Crippen LogP contribution in [0.3, 0.4) is 0 Å². The van der Waals surface area contributed by atoms with E-state index < -0.39 is 0 Å². The summed E-state index contributed by atoms with van der Waals surface area (Å²) in [7, 11) is 0. The summed E-state index contributed by atoms with van der Waals surface area (Å²) in [6, 6.07) is 7.62. The first-order valence-electron chi connectivity index (χ1n) is 7.18. The lowest BCUT2D eigenvalue weighted by Crippen LogP contribution is -2.44. The minimum Gasteiger partial charge on any atom is -0.330 e. The van der Waals surface area contributed by atoms with Crippen LogP contribution in [-0.2, 0) is 4.79 Å². The molecule has 1 fully saturated rings. The van der Waals surface area contributed by atoms with Crippen molar-refractivity contribution >= 4 is 35.6 Å². The van der Waals surface area contributed by atoms with Crippen molar-refractivity contribution in [1.29, 1.82) is 0 Å². The van der Waals surface area contributed by atoms with E-state index in [1.807, 2.05) is 12.1 Å². The molecular formula is C15H23Cl2N3O. The highest BCUT2D eigenvalue weighted by atomic mass is 35.5. The van der Waals surface area contributed by atoms with E-state index in [-0.39, 0.29) is 18.3 Å². The summed E-state index contributed by atoms with van der Waals surface area (Å²) < 4.78 is 0. The van der Waals surface area contributed by atoms with E-state index in [9.17, 15) is 4.79 Å². The van der Waals surface area contributed by atoms with Gasteiger partial charge in [-0.3, -0.25) is 9.69 Å². The number of halogens is 2. The Morgan fingerprint density at radius 2 is 2.05 bits per heavy atom. The molecular weight excluding hydrogens is 309 g/mol. The number of benzene rings is 1. The molecule has 0 spiro atoms. The molecule has 1 aliphatic rings. The molecule has 1 saturated heterocycles. The lowest BCUT2D eigenvalue weighted by molar-refractivity contribution is -0.118. The molecule has 0 radical (unpaired) electrons. The third-order valence-corrected chi connectivity index (χ3v) is 3.98. The summed E-state index contributed by atoms with van der Waals surface area (Å²) in [4.78, 5) is 14.4. The first-order chi connectivity index (χ1) is 9.69. The minimum absolute atomic E-state index is 0. The molecule has 1 aromatic rings. The number of hydrogen-bond donors (Lipinski definition) is 2. The van der Waals surface area contributed by atoms with Crippen molar-refractivity contribution < 1.29 is 4.79 Å². The second-order valence-corrected chi connectivity index (χ2v) is 5.69. The molecule has 1 unspecified atom stereocenters. The van der Waals surface area contributed by atoms with Crippen molar-refractivity contribution in [3.63, 3.8) is 0 Å². The number of nitrogens with one attached hydrogen (secondary N) is 1. The highest BCUT2D eigenvalue weighted by Gasteiger charge is 2.23. The lowest BCUT2D eigenvalue weighted by Gasteiger charge is -2.35. The van der Waals surface area contributed by atoms with E-state index in [4.69, 9.17) is 17.3 Å². The number of hydrogen-bond acceptors (Lipinski definition) is 3. The SMILES string of the molecule is Cl.NCCC1CCCCN1CC(=O)Nc1ccc(Cl)cc1. The van der Waals surface area contributed by atoms with Crippen LogP contribution in [0.5, 0.6) is 0 Å². The van der Waals surface area contributed by atoms with Crippen LogP contribution < -0.4 is 11.1 Å². The van der Waals surface area contributed by atoms with Crippen molar-refractivity contribution in [3.8, 4) is 0 Å². The monoisotopic (exact) mass is 331 g/mol. The van der Waals surface area contributed by atoms with Crippen molar-refractivity contribution in [2.75, 3.05) is 25.0 Å². The largest absolute Gasteiger partial charge is 0.330 e. The molecule has 4 nitrogen and oxygen atoms in total. The second-order valence-electron chi connectivity index (χ2n) is 5.25. The maximum Gasteiger partial charge on any atom is 0.238 e. The van der Waals surface area contributed by atoms with Crippen molar-refractivity contribution in [1.82, 2.24) is 4.90 Å². The van der Waals surface area contributed by atoms with Crippen LogP contribution in [0.25, 0.3) is 0 Å². The summed E-state index contributed by atoms with van der Waals surface area (Å²) in [5.41, 5.74) is 6.43. The van der Waals surface area contributed by atoms with Crippen LogP contribution in [-0.4, -0.2) is 36.5 Å². The van der Waals surface area contributed by atoms with Crippen LogP contribution in [0.15, 0.2) is 24.3 Å². The van der Waals surface area contributed by atoms with Gasteiger partial charge in [0.25, 0.3) is 0 Å². The van der Waals surface area contributed by atoms with E-state index in [0.29, 0.717) is 24.2 Å². The number of nitrogens with zero attached hydrogens (tertiary/aromatic N) is 1. The number of carbonyl (C=O) groups excluding carboxylic acids is 1. The van der Waals surface area contributed by atoms with Crippen molar-refractivity contribution in [3.05, 3.63) is 29.3 Å². The van der Waals surface area contributed by atoms with Crippen LogP contribution in [0.2, 0.25) is 5.02 Å². The van der Waals surface area contributed by atoms with E-state index in [0.717, 1.165) is 31.5 Å². The van der Waals surface area contributed by atoms with Gasteiger partial charge >= 0.3 is 0 Å². The Labute approximate surface area is 137 Å². The number of carbonyl (C=O) groups is 1. The van der Waals surface area contributed by atoms with Crippen LogP contribution in [0.1, 0.15) is 25.7 Å². The summed E-state index contributed by atoms with van der Waals surface area (Å²) in [6.07, 6.45) is 4.51. The number of likely N-dealkylation sites (tertiary alicyclic amines) is 1. The van der Waals surface area contributed by atoms with E-state index in [1.54, 1.807) is 12.1 Å². The van der Waals surface area contributed by atoms with Gasteiger partial charge in [0.15, 0.2) is 0 Å². The van der Waals surface area contributed by atoms with Crippen LogP contribution >= 0.6 is 24.0 Å². The summed E-state index contributed by atoms with van der Waals surface area (Å²) in [5, 5.41) is 3.58. The number of piperidine rings is 1. The summed E-state index contributed by atoms with van der Waals surface area (Å²) >= 11 is 5.82. The Morgan fingerprint density at radius 1 is 1.33 bits per heavy atom. The Hall–Kier alpha value is -0.810. The molecule has 2 rings (SSSR count). The zero-order valence-electron chi connectivity index (χ0n) is 12.1. The molecule has 118 valence electrons. The zero-order chi connectivity index (χ0) is 14.4. The van der Waals surface area contributed by atoms with Gasteiger partial charge in [-0.15, -0.1) is 12.4 Å². The van der Waals surface area contributed by atoms with Gasteiger partial charge in [0.2, 0.25) is 5.91 Å². The molecule has 3 N–H and O–H groups in total. The predicted octanol–water partition coefficient (Wildman–Crippen LogP) is 2.90. The van der Waals surface area contributed by atoms with E-state index >= 15 is 0 Å². The standard InChI is InChI=1S/C15H22ClN3O.ClH/c16-12-4-6-13(7-5-12)18-15(20)11-19-10-2-1-3-14(19)8-9-17;/h4-7,14H,1-3,8-11,17H2,(H,18,20);1H. The highest BCUT2D eigenvalue weighted by Crippen LogP contribution is 2.19. The van der Waals surface area contributed by atoms with E-state index in [1.165, 1.54) is 6.42 Å². The molecule has 21 heavy (non-hydrogen) atoms. The Bertz CT molecular complexity index is 437. The maximum atomic E-state index is 12.1. The fourth-order valence-corrected chi connectivity index (χ4v) is 2.83. The third-order valence-electron chi connectivity index (χ3n) is 3.72. The van der Waals surface area contributed by atoms with Gasteiger partial charge in [-0.1, -0.05) is 18.0 Å². The average molecular weight is 332 g/mol. The van der Waals surface area contributed by atoms with Crippen LogP contribution in [0, 0.1) is 0 Å². The maximum absolute atomic E-state index is 12.1. The fourth-order valence-electron chi connectivity index (χ4n) is 2.71. The predicted molar refractivity (Wildman–Crippen MR) is 90.2 cm³/mol. The number of anilines is 1. The molecule has 1 amide bonds. The molecule has 1 aromatic carbocycles. The zero-order valence-corrected chi connectivity index (χ0v) is 13.6. The van der Waals surface area contributed by atoms with Crippen molar-refractivity contribution in [2.24, 2.45) is 5.73 Å². The first-order valence-corrected chi connectivity index (χ1v) is 7.56. The van der Waals surface area contributed by atoms with Gasteiger partial charge in [0, 0.05) is 16.8 Å². The number of nitrogens with two attached hydrogens (primary N) is 1. The lowest BCUT2D eigenvalue weighted by atomic mass is 9.99. The van der Waals surface area contributed by atoms with Gasteiger partial charge in [-0.25, -0.2) is 0 Å². The van der Waals surface area contributed by atoms with Crippen molar-refractivity contribution in [2.45, 2.75) is 31.7 Å². The number of amides is 1. The minimum atomic E-state index is 0. The average Bonchev–Trinajstić information content (AvgIpc) is 2.44. The summed E-state index contributed by atoms with van der Waals surface area (Å²) in [6.45, 7) is 2.10. The Kier molecular flexibility index (Phi) is 8.04.